The number of hydrogen-bond donors (Lipinski definition) is 0. The number of thiophene rings is 1. The molecule has 0 unspecified atom stereocenters. The lowest BCUT2D eigenvalue weighted by Gasteiger charge is -2.10. The molecule has 0 saturated carbocycles. The normalized spacial score (nSPS) is 14.4. The van der Waals surface area contributed by atoms with Gasteiger partial charge >= 0.3 is 0 Å². The topological polar surface area (TPSA) is 51.8 Å². The monoisotopic (exact) mass is 667 g/mol. The van der Waals surface area contributed by atoms with Gasteiger partial charge in [-0.1, -0.05) is 139 Å². The molecule has 3 heterocycles. The predicted molar refractivity (Wildman–Crippen MR) is 207 cm³/mol. The van der Waals surface area contributed by atoms with Gasteiger partial charge in [-0.25, -0.2) is 15.0 Å². The fraction of sp³-hybridized carbons (Fsp3) is 0. The quantitative estimate of drug-likeness (QED) is 0.183. The van der Waals surface area contributed by atoms with Crippen molar-refractivity contribution in [3.63, 3.8) is 0 Å². The molecule has 0 atom stereocenters. The molecule has 0 aliphatic rings. The van der Waals surface area contributed by atoms with E-state index in [0.717, 1.165) is 47.7 Å². The zero-order chi connectivity index (χ0) is 41.7. The highest BCUT2D eigenvalue weighted by Crippen LogP contribution is 2.44. The third kappa shape index (κ3) is 4.79. The second kappa shape index (κ2) is 11.6. The summed E-state index contributed by atoms with van der Waals surface area (Å²) in [7, 11) is 0. The van der Waals surface area contributed by atoms with E-state index in [4.69, 9.17) is 33.1 Å². The summed E-state index contributed by atoms with van der Waals surface area (Å²) >= 11 is 1.47. The molecule has 0 amide bonds. The smallest absolute Gasteiger partial charge is 0.164 e. The van der Waals surface area contributed by atoms with Gasteiger partial charge in [0.05, 0.1) is 13.7 Å². The summed E-state index contributed by atoms with van der Waals surface area (Å²) < 4.78 is 92.3. The van der Waals surface area contributed by atoms with Crippen LogP contribution in [0, 0.1) is 0 Å². The molecule has 0 aliphatic carbocycles. The lowest BCUT2D eigenvalue weighted by molar-refractivity contribution is 0.669. The maximum atomic E-state index is 8.75. The van der Waals surface area contributed by atoms with E-state index in [2.05, 4.69) is 0 Å². The average Bonchev–Trinajstić information content (AvgIpc) is 3.85. The van der Waals surface area contributed by atoms with Crippen molar-refractivity contribution < 1.29 is 18.1 Å². The van der Waals surface area contributed by atoms with Crippen LogP contribution in [-0.2, 0) is 0 Å². The van der Waals surface area contributed by atoms with E-state index < -0.39 is 48.3 Å². The molecule has 0 N–H and O–H groups in total. The van der Waals surface area contributed by atoms with Crippen molar-refractivity contribution in [2.75, 3.05) is 0 Å². The largest absolute Gasteiger partial charge is 0.456 e. The van der Waals surface area contributed by atoms with Crippen LogP contribution >= 0.6 is 11.3 Å². The Balaban J connectivity index is 1.16. The highest BCUT2D eigenvalue weighted by Gasteiger charge is 2.17. The maximum absolute atomic E-state index is 8.75. The van der Waals surface area contributed by atoms with Gasteiger partial charge in [-0.2, -0.15) is 0 Å². The molecule has 0 radical (unpaired) electrons. The number of furan rings is 1. The Morgan fingerprint density at radius 1 is 0.420 bits per heavy atom. The van der Waals surface area contributed by atoms with Crippen molar-refractivity contribution >= 4 is 53.4 Å². The Labute approximate surface area is 306 Å². The predicted octanol–water partition coefficient (Wildman–Crippen LogP) is 12.5. The molecule has 0 saturated heterocycles. The number of benzene rings is 7. The van der Waals surface area contributed by atoms with Gasteiger partial charge in [0.2, 0.25) is 0 Å². The molecule has 10 aromatic rings. The third-order valence-corrected chi connectivity index (χ3v) is 10.0. The molecule has 234 valence electrons. The van der Waals surface area contributed by atoms with Gasteiger partial charge < -0.3 is 4.42 Å². The minimum atomic E-state index is -0.526. The molecule has 5 heteroatoms. The van der Waals surface area contributed by atoms with E-state index in [-0.39, 0.29) is 40.7 Å². The number of para-hydroxylation sites is 1. The minimum absolute atomic E-state index is 0.0890. The van der Waals surface area contributed by atoms with Crippen LogP contribution in [0.1, 0.15) is 13.7 Å². The highest BCUT2D eigenvalue weighted by molar-refractivity contribution is 7.26. The summed E-state index contributed by atoms with van der Waals surface area (Å²) in [6.45, 7) is 0. The van der Waals surface area contributed by atoms with Crippen LogP contribution in [0.2, 0.25) is 0 Å². The van der Waals surface area contributed by atoms with E-state index in [1.54, 1.807) is 6.07 Å². The van der Waals surface area contributed by atoms with E-state index in [0.29, 0.717) is 22.3 Å². The summed E-state index contributed by atoms with van der Waals surface area (Å²) in [4.78, 5) is 14.4. The number of hydrogen-bond acceptors (Lipinski definition) is 5. The number of fused-ring (bicyclic) bond motifs is 6. The fourth-order valence-corrected chi connectivity index (χ4v) is 7.78. The molecular weight excluding hydrogens is 631 g/mol. The van der Waals surface area contributed by atoms with Crippen molar-refractivity contribution in [1.29, 1.82) is 0 Å². The Bertz CT molecular complexity index is 3420. The molecule has 0 aliphatic heterocycles. The molecule has 4 nitrogen and oxygen atoms in total. The van der Waals surface area contributed by atoms with Crippen molar-refractivity contribution in [1.82, 2.24) is 15.0 Å². The lowest BCUT2D eigenvalue weighted by atomic mass is 9.99. The van der Waals surface area contributed by atoms with Crippen LogP contribution in [0.25, 0.3) is 98.5 Å². The maximum Gasteiger partial charge on any atom is 0.164 e. The van der Waals surface area contributed by atoms with Crippen LogP contribution in [-0.4, -0.2) is 15.0 Å². The molecule has 0 spiro atoms. The van der Waals surface area contributed by atoms with Gasteiger partial charge in [-0.15, -0.1) is 11.3 Å². The molecule has 0 bridgehead atoms. The Morgan fingerprint density at radius 2 is 0.960 bits per heavy atom. The summed E-state index contributed by atoms with van der Waals surface area (Å²) in [5, 5.41) is 3.66. The number of nitrogens with zero attached hydrogens (tertiary/aromatic N) is 3. The van der Waals surface area contributed by atoms with E-state index in [1.807, 2.05) is 97.1 Å². The summed E-state index contributed by atoms with van der Waals surface area (Å²) in [5.74, 6) is 0.329. The summed E-state index contributed by atoms with van der Waals surface area (Å²) in [6, 6.07) is 28.2. The second-order valence-electron chi connectivity index (χ2n) is 11.7. The lowest BCUT2D eigenvalue weighted by Crippen LogP contribution is -2.00. The van der Waals surface area contributed by atoms with Crippen molar-refractivity contribution in [2.24, 2.45) is 0 Å². The minimum Gasteiger partial charge on any atom is -0.456 e. The van der Waals surface area contributed by atoms with Crippen molar-refractivity contribution in [3.8, 4) is 56.4 Å². The number of aromatic nitrogens is 3. The molecule has 10 rings (SSSR count). The van der Waals surface area contributed by atoms with Crippen LogP contribution in [0.4, 0.5) is 0 Å². The van der Waals surface area contributed by atoms with Crippen molar-refractivity contribution in [2.45, 2.75) is 0 Å². The van der Waals surface area contributed by atoms with Gasteiger partial charge in [0.25, 0.3) is 0 Å². The van der Waals surface area contributed by atoms with Crippen LogP contribution in [0.15, 0.2) is 168 Å². The van der Waals surface area contributed by atoms with Crippen LogP contribution < -0.4 is 0 Å². The SMILES string of the molecule is [2H]c1c([2H])c([2H])c(-c2nc(-c3cccc(-c4cccc5c4sc4c(-c6c([2H])c([2H])c([2H])c([2H])c6[2H])cccc45)c3)nc(-c3ccc4c(c3)oc3ccccc34)n2)c([2H])c1[2H]. The van der Waals surface area contributed by atoms with E-state index in [9.17, 15) is 0 Å². The highest BCUT2D eigenvalue weighted by atomic mass is 32.1. The van der Waals surface area contributed by atoms with Crippen molar-refractivity contribution in [3.05, 3.63) is 164 Å². The van der Waals surface area contributed by atoms with E-state index in [1.165, 1.54) is 11.3 Å². The standard InChI is InChI=1S/C45H27N3OS/c1-3-12-28(13-4-1)33-19-10-21-37-38-22-11-20-34(42(38)50-41(33)37)30-16-9-17-31(26-30)44-46-43(29-14-5-2-6-15-29)47-45(48-44)32-24-25-36-35-18-7-8-23-39(35)49-40(36)27-32/h1-27H/i1D,2D,3D,4D,5D,6D,12D,13D,14D,15D. The van der Waals surface area contributed by atoms with Crippen LogP contribution in [0.5, 0.6) is 0 Å². The Hall–Kier alpha value is -6.43. The molecule has 50 heavy (non-hydrogen) atoms. The van der Waals surface area contributed by atoms with Crippen LogP contribution in [0.3, 0.4) is 0 Å². The Kier molecular flexibility index (Phi) is 4.69. The van der Waals surface area contributed by atoms with Gasteiger partial charge in [0, 0.05) is 47.6 Å². The second-order valence-corrected chi connectivity index (χ2v) is 12.7. The van der Waals surface area contributed by atoms with Gasteiger partial charge in [-0.05, 0) is 46.5 Å². The molecule has 7 aromatic carbocycles. The van der Waals surface area contributed by atoms with Gasteiger partial charge in [-0.3, -0.25) is 0 Å². The van der Waals surface area contributed by atoms with Gasteiger partial charge in [0.15, 0.2) is 17.5 Å². The molecule has 0 fully saturated rings. The molecular formula is C45H27N3OS. The molecule has 3 aromatic heterocycles. The van der Waals surface area contributed by atoms with E-state index >= 15 is 0 Å². The first-order valence-corrected chi connectivity index (χ1v) is 16.6. The Morgan fingerprint density at radius 3 is 1.68 bits per heavy atom. The zero-order valence-electron chi connectivity index (χ0n) is 36.0. The zero-order valence-corrected chi connectivity index (χ0v) is 26.8. The van der Waals surface area contributed by atoms with Gasteiger partial charge in [0.1, 0.15) is 11.2 Å². The first kappa shape index (κ1) is 20.2. The third-order valence-electron chi connectivity index (χ3n) is 8.72. The summed E-state index contributed by atoms with van der Waals surface area (Å²) in [6.07, 6.45) is 0. The number of rotatable bonds is 5. The summed E-state index contributed by atoms with van der Waals surface area (Å²) in [5.41, 5.74) is 4.68. The first-order valence-electron chi connectivity index (χ1n) is 20.8. The fourth-order valence-electron chi connectivity index (χ4n) is 6.43. The average molecular weight is 668 g/mol. The first-order chi connectivity index (χ1) is 28.9.